The molecule has 0 fully saturated rings. The van der Waals surface area contributed by atoms with Crippen molar-refractivity contribution in [3.63, 3.8) is 0 Å². The maximum absolute atomic E-state index is 9.20. The molecule has 8 rings (SSSR count). The van der Waals surface area contributed by atoms with Crippen molar-refractivity contribution in [1.29, 1.82) is 10.5 Å². The third-order valence-corrected chi connectivity index (χ3v) is 8.84. The second kappa shape index (κ2) is 12.6. The van der Waals surface area contributed by atoms with Gasteiger partial charge in [-0.1, -0.05) is 115 Å². The molecule has 0 aliphatic heterocycles. The van der Waals surface area contributed by atoms with Gasteiger partial charge in [-0.2, -0.15) is 10.5 Å². The van der Waals surface area contributed by atoms with Crippen LogP contribution in [0.5, 0.6) is 0 Å². The fourth-order valence-electron chi connectivity index (χ4n) is 6.15. The van der Waals surface area contributed by atoms with Gasteiger partial charge in [0.2, 0.25) is 5.89 Å². The van der Waals surface area contributed by atoms with Crippen LogP contribution in [-0.2, 0) is 0 Å². The van der Waals surface area contributed by atoms with E-state index in [4.69, 9.17) is 9.40 Å². The molecule has 0 bridgehead atoms. The van der Waals surface area contributed by atoms with Crippen molar-refractivity contribution < 1.29 is 4.42 Å². The van der Waals surface area contributed by atoms with Crippen molar-refractivity contribution in [1.82, 2.24) is 4.98 Å². The van der Waals surface area contributed by atoms with Crippen LogP contribution in [0.3, 0.4) is 0 Å². The lowest BCUT2D eigenvalue weighted by molar-refractivity contribution is 0.620. The van der Waals surface area contributed by atoms with E-state index in [1.54, 1.807) is 0 Å². The van der Waals surface area contributed by atoms with Gasteiger partial charge in [0.1, 0.15) is 5.52 Å². The zero-order chi connectivity index (χ0) is 33.2. The Morgan fingerprint density at radius 3 is 1.24 bits per heavy atom. The molecule has 8 aromatic rings. The normalized spacial score (nSPS) is 10.8. The van der Waals surface area contributed by atoms with Crippen LogP contribution >= 0.6 is 0 Å². The summed E-state index contributed by atoms with van der Waals surface area (Å²) in [6.45, 7) is 0. The minimum absolute atomic E-state index is 0.568. The van der Waals surface area contributed by atoms with E-state index in [0.29, 0.717) is 22.6 Å². The number of aromatic nitrogens is 1. The summed E-state index contributed by atoms with van der Waals surface area (Å²) in [5.41, 5.74) is 14.3. The zero-order valence-electron chi connectivity index (χ0n) is 26.3. The first-order chi connectivity index (χ1) is 24.1. The van der Waals surface area contributed by atoms with Crippen molar-refractivity contribution in [3.8, 4) is 79.2 Å². The predicted molar refractivity (Wildman–Crippen MR) is 196 cm³/mol. The highest BCUT2D eigenvalue weighted by Gasteiger charge is 2.16. The van der Waals surface area contributed by atoms with E-state index in [9.17, 15) is 10.5 Å². The molecule has 0 spiro atoms. The van der Waals surface area contributed by atoms with Crippen LogP contribution in [0.25, 0.3) is 78.2 Å². The first-order valence-corrected chi connectivity index (χ1v) is 16.0. The molecule has 0 N–H and O–H groups in total. The molecule has 0 aliphatic carbocycles. The van der Waals surface area contributed by atoms with E-state index < -0.39 is 0 Å². The Labute approximate surface area is 284 Å². The van der Waals surface area contributed by atoms with Gasteiger partial charge < -0.3 is 4.42 Å². The number of nitrogens with zero attached hydrogens (tertiary/aromatic N) is 3. The van der Waals surface area contributed by atoms with Gasteiger partial charge in [-0.15, -0.1) is 0 Å². The largest absolute Gasteiger partial charge is 0.436 e. The maximum atomic E-state index is 9.20. The average Bonchev–Trinajstić information content (AvgIpc) is 3.63. The number of nitriles is 2. The Kier molecular flexibility index (Phi) is 7.59. The van der Waals surface area contributed by atoms with Gasteiger partial charge >= 0.3 is 0 Å². The van der Waals surface area contributed by atoms with Crippen LogP contribution in [-0.4, -0.2) is 4.98 Å². The van der Waals surface area contributed by atoms with Gasteiger partial charge in [0.05, 0.1) is 23.3 Å². The molecule has 0 saturated heterocycles. The Morgan fingerprint density at radius 2 is 0.776 bits per heavy atom. The topological polar surface area (TPSA) is 73.6 Å². The molecular formula is C45H27N3O. The molecule has 228 valence electrons. The van der Waals surface area contributed by atoms with Crippen LogP contribution < -0.4 is 0 Å². The van der Waals surface area contributed by atoms with Crippen molar-refractivity contribution in [2.75, 3.05) is 0 Å². The second-order valence-electron chi connectivity index (χ2n) is 11.9. The van der Waals surface area contributed by atoms with Crippen molar-refractivity contribution >= 4 is 11.1 Å². The maximum Gasteiger partial charge on any atom is 0.227 e. The Hall–Kier alpha value is -7.01. The Bertz CT molecular complexity index is 2500. The number of oxazole rings is 1. The van der Waals surface area contributed by atoms with E-state index in [1.165, 1.54) is 0 Å². The summed E-state index contributed by atoms with van der Waals surface area (Å²) in [6.07, 6.45) is 0. The zero-order valence-corrected chi connectivity index (χ0v) is 26.3. The highest BCUT2D eigenvalue weighted by molar-refractivity contribution is 5.96. The van der Waals surface area contributed by atoms with Crippen molar-refractivity contribution in [3.05, 3.63) is 175 Å². The van der Waals surface area contributed by atoms with Crippen molar-refractivity contribution in [2.24, 2.45) is 0 Å². The Morgan fingerprint density at radius 1 is 0.388 bits per heavy atom. The van der Waals surface area contributed by atoms with E-state index in [2.05, 4.69) is 109 Å². The van der Waals surface area contributed by atoms with Gasteiger partial charge in [-0.25, -0.2) is 4.98 Å². The fraction of sp³-hybridized carbons (Fsp3) is 0. The molecular weight excluding hydrogens is 599 g/mol. The molecule has 4 heteroatoms. The Balaban J connectivity index is 1.20. The lowest BCUT2D eigenvalue weighted by Gasteiger charge is -2.10. The van der Waals surface area contributed by atoms with E-state index in [1.807, 2.05) is 66.7 Å². The van der Waals surface area contributed by atoms with Crippen LogP contribution in [0.2, 0.25) is 0 Å². The molecule has 49 heavy (non-hydrogen) atoms. The summed E-state index contributed by atoms with van der Waals surface area (Å²) in [5, 5.41) is 18.4. The molecule has 4 nitrogen and oxygen atoms in total. The number of fused-ring (bicyclic) bond motifs is 1. The first kappa shape index (κ1) is 29.4. The molecule has 1 aromatic heterocycles. The first-order valence-electron chi connectivity index (χ1n) is 16.0. The molecule has 1 heterocycles. The summed E-state index contributed by atoms with van der Waals surface area (Å²) >= 11 is 0. The van der Waals surface area contributed by atoms with E-state index in [-0.39, 0.29) is 0 Å². The lowest BCUT2D eigenvalue weighted by atomic mass is 9.95. The van der Waals surface area contributed by atoms with Gasteiger partial charge in [-0.05, 0) is 98.6 Å². The van der Waals surface area contributed by atoms with E-state index in [0.717, 1.165) is 66.7 Å². The minimum atomic E-state index is 0.568. The van der Waals surface area contributed by atoms with Crippen LogP contribution in [0.4, 0.5) is 0 Å². The highest BCUT2D eigenvalue weighted by atomic mass is 16.3. The quantitative estimate of drug-likeness (QED) is 0.184. The van der Waals surface area contributed by atoms with Gasteiger partial charge in [0, 0.05) is 11.1 Å². The van der Waals surface area contributed by atoms with Crippen molar-refractivity contribution in [2.45, 2.75) is 0 Å². The van der Waals surface area contributed by atoms with Crippen LogP contribution in [0, 0.1) is 22.7 Å². The fourth-order valence-corrected chi connectivity index (χ4v) is 6.15. The van der Waals surface area contributed by atoms with Gasteiger partial charge in [0.25, 0.3) is 0 Å². The number of hydrogen-bond donors (Lipinski definition) is 0. The van der Waals surface area contributed by atoms with Crippen LogP contribution in [0.15, 0.2) is 168 Å². The summed E-state index contributed by atoms with van der Waals surface area (Å²) in [4.78, 5) is 5.04. The summed E-state index contributed by atoms with van der Waals surface area (Å²) in [5.74, 6) is 0.568. The standard InChI is InChI=1S/C45H27N3O/c46-28-30-6-10-33(11-7-30)36-14-16-38(17-15-36)41-26-42(39-22-18-37(19-23-39)34-12-8-31(29-47)9-13-34)44-43(27-41)49-45(48-44)40-24-20-35(21-25-40)32-4-2-1-3-5-32/h1-27H. The van der Waals surface area contributed by atoms with Gasteiger partial charge in [0.15, 0.2) is 5.58 Å². The molecule has 0 radical (unpaired) electrons. The molecule has 0 unspecified atom stereocenters. The SMILES string of the molecule is N#Cc1ccc(-c2ccc(-c3cc(-c4ccc(-c5ccc(C#N)cc5)cc4)c4nc(-c5ccc(-c6ccccc6)cc5)oc4c3)cc2)cc1. The predicted octanol–water partition coefficient (Wildman–Crippen LogP) is 11.6. The molecule has 7 aromatic carbocycles. The highest BCUT2D eigenvalue weighted by Crippen LogP contribution is 2.38. The molecule has 0 atom stereocenters. The smallest absolute Gasteiger partial charge is 0.227 e. The lowest BCUT2D eigenvalue weighted by Crippen LogP contribution is -1.86. The summed E-state index contributed by atoms with van der Waals surface area (Å²) < 4.78 is 6.49. The molecule has 0 aliphatic rings. The summed E-state index contributed by atoms with van der Waals surface area (Å²) in [7, 11) is 0. The third-order valence-electron chi connectivity index (χ3n) is 8.84. The average molecular weight is 626 g/mol. The number of rotatable bonds is 6. The monoisotopic (exact) mass is 625 g/mol. The van der Waals surface area contributed by atoms with Gasteiger partial charge in [-0.3, -0.25) is 0 Å². The van der Waals surface area contributed by atoms with E-state index >= 15 is 0 Å². The third kappa shape index (κ3) is 5.87. The second-order valence-corrected chi connectivity index (χ2v) is 11.9. The molecule has 0 saturated carbocycles. The van der Waals surface area contributed by atoms with Crippen LogP contribution in [0.1, 0.15) is 11.1 Å². The minimum Gasteiger partial charge on any atom is -0.436 e. The number of benzene rings is 7. The molecule has 0 amide bonds. The summed E-state index contributed by atoms with van der Waals surface area (Å²) in [6, 6.07) is 59.4. The number of hydrogen-bond acceptors (Lipinski definition) is 4.